The van der Waals surface area contributed by atoms with Crippen molar-refractivity contribution in [1.29, 1.82) is 0 Å². The lowest BCUT2D eigenvalue weighted by molar-refractivity contribution is -0.116. The van der Waals surface area contributed by atoms with E-state index in [1.807, 2.05) is 0 Å². The number of benzene rings is 2. The van der Waals surface area contributed by atoms with E-state index in [4.69, 9.17) is 34.8 Å². The minimum atomic E-state index is -0.520. The summed E-state index contributed by atoms with van der Waals surface area (Å²) in [5.41, 5.74) is 1.27. The van der Waals surface area contributed by atoms with Crippen LogP contribution in [0.25, 0.3) is 6.08 Å². The third-order valence-corrected chi connectivity index (χ3v) is 6.95. The van der Waals surface area contributed by atoms with E-state index in [0.29, 0.717) is 22.3 Å². The van der Waals surface area contributed by atoms with Crippen LogP contribution in [0.1, 0.15) is 37.7 Å². The lowest BCUT2D eigenvalue weighted by Gasteiger charge is -2.32. The fraction of sp³-hybridized carbons (Fsp3) is 0.385. The molecule has 3 N–H and O–H groups in total. The van der Waals surface area contributed by atoms with E-state index >= 15 is 0 Å². The summed E-state index contributed by atoms with van der Waals surface area (Å²) in [4.78, 5) is 26.6. The molecule has 6 nitrogen and oxygen atoms in total. The highest BCUT2D eigenvalue weighted by Crippen LogP contribution is 2.23. The number of hydrogen-bond acceptors (Lipinski definition) is 3. The van der Waals surface area contributed by atoms with Crippen LogP contribution in [0.2, 0.25) is 15.1 Å². The quantitative estimate of drug-likeness (QED) is 0.236. The predicted molar refractivity (Wildman–Crippen MR) is 145 cm³/mol. The van der Waals surface area contributed by atoms with Gasteiger partial charge in [-0.25, -0.2) is 9.18 Å². The van der Waals surface area contributed by atoms with Crippen LogP contribution in [0.15, 0.2) is 42.5 Å². The molecule has 194 valence electrons. The minimum absolute atomic E-state index is 0.0276. The Labute approximate surface area is 226 Å². The van der Waals surface area contributed by atoms with Gasteiger partial charge >= 0.3 is 6.03 Å². The van der Waals surface area contributed by atoms with Crippen LogP contribution in [0.3, 0.4) is 0 Å². The molecule has 3 rings (SSSR count). The van der Waals surface area contributed by atoms with Crippen molar-refractivity contribution < 1.29 is 14.0 Å². The van der Waals surface area contributed by atoms with Gasteiger partial charge in [-0.15, -0.1) is 0 Å². The molecule has 1 heterocycles. The second-order valence-electron chi connectivity index (χ2n) is 8.70. The molecule has 0 aliphatic carbocycles. The summed E-state index contributed by atoms with van der Waals surface area (Å²) in [6, 6.07) is 9.09. The first-order chi connectivity index (χ1) is 17.3. The zero-order chi connectivity index (χ0) is 25.9. The molecule has 1 aliphatic heterocycles. The van der Waals surface area contributed by atoms with E-state index in [0.717, 1.165) is 57.3 Å². The molecule has 1 fully saturated rings. The second kappa shape index (κ2) is 14.4. The van der Waals surface area contributed by atoms with Gasteiger partial charge in [-0.05, 0) is 74.2 Å². The molecule has 1 aliphatic rings. The zero-order valence-electron chi connectivity index (χ0n) is 19.8. The topological polar surface area (TPSA) is 73.5 Å². The number of nitrogens with zero attached hydrogens (tertiary/aromatic N) is 1. The highest BCUT2D eigenvalue weighted by molar-refractivity contribution is 6.42. The van der Waals surface area contributed by atoms with E-state index in [9.17, 15) is 14.0 Å². The van der Waals surface area contributed by atoms with E-state index < -0.39 is 5.82 Å². The highest BCUT2D eigenvalue weighted by atomic mass is 35.5. The van der Waals surface area contributed by atoms with Crippen LogP contribution in [0.4, 0.5) is 14.9 Å². The third kappa shape index (κ3) is 9.62. The van der Waals surface area contributed by atoms with Gasteiger partial charge in [0.2, 0.25) is 5.91 Å². The van der Waals surface area contributed by atoms with Crippen molar-refractivity contribution in [2.75, 3.05) is 31.5 Å². The Balaban J connectivity index is 1.23. The van der Waals surface area contributed by atoms with Crippen LogP contribution < -0.4 is 16.0 Å². The minimum Gasteiger partial charge on any atom is -0.353 e. The van der Waals surface area contributed by atoms with Gasteiger partial charge in [0.1, 0.15) is 5.82 Å². The van der Waals surface area contributed by atoms with Gasteiger partial charge in [0.15, 0.2) is 0 Å². The molecule has 0 aromatic heterocycles. The van der Waals surface area contributed by atoms with Gasteiger partial charge in [-0.1, -0.05) is 47.3 Å². The van der Waals surface area contributed by atoms with Crippen molar-refractivity contribution in [3.63, 3.8) is 0 Å². The van der Waals surface area contributed by atoms with Crippen LogP contribution in [0.5, 0.6) is 0 Å². The average molecular weight is 556 g/mol. The highest BCUT2D eigenvalue weighted by Gasteiger charge is 2.20. The number of hydrogen-bond donors (Lipinski definition) is 3. The van der Waals surface area contributed by atoms with Gasteiger partial charge in [-0.3, -0.25) is 4.79 Å². The van der Waals surface area contributed by atoms with Gasteiger partial charge in [-0.2, -0.15) is 0 Å². The first-order valence-electron chi connectivity index (χ1n) is 12.0. The summed E-state index contributed by atoms with van der Waals surface area (Å²) in [5.74, 6) is -0.657. The molecular weight excluding hydrogens is 526 g/mol. The third-order valence-electron chi connectivity index (χ3n) is 5.92. The van der Waals surface area contributed by atoms with Gasteiger partial charge in [0, 0.05) is 37.4 Å². The number of piperidine rings is 1. The van der Waals surface area contributed by atoms with E-state index in [1.165, 1.54) is 24.3 Å². The molecule has 2 aromatic carbocycles. The summed E-state index contributed by atoms with van der Waals surface area (Å²) in [6.07, 6.45) is 7.94. The molecule has 0 atom stereocenters. The maximum atomic E-state index is 13.2. The van der Waals surface area contributed by atoms with Crippen LogP contribution in [-0.2, 0) is 4.79 Å². The predicted octanol–water partition coefficient (Wildman–Crippen LogP) is 6.37. The fourth-order valence-electron chi connectivity index (χ4n) is 3.92. The Bertz CT molecular complexity index is 1080. The SMILES string of the molecule is O=C(/C=C/c1ccc(Cl)c(Cl)c1)NCCCCCN1CCC(NC(=O)Nc2ccc(F)c(Cl)c2)CC1. The van der Waals surface area contributed by atoms with Gasteiger partial charge in [0.25, 0.3) is 0 Å². The van der Waals surface area contributed by atoms with Crippen molar-refractivity contribution >= 4 is 58.5 Å². The van der Waals surface area contributed by atoms with Crippen LogP contribution in [0, 0.1) is 5.82 Å². The molecular formula is C26H30Cl3FN4O2. The number of carbonyl (C=O) groups excluding carboxylic acids is 2. The largest absolute Gasteiger partial charge is 0.353 e. The smallest absolute Gasteiger partial charge is 0.319 e. The monoisotopic (exact) mass is 554 g/mol. The molecule has 0 spiro atoms. The van der Waals surface area contributed by atoms with Crippen molar-refractivity contribution in [2.24, 2.45) is 0 Å². The van der Waals surface area contributed by atoms with Gasteiger partial charge < -0.3 is 20.9 Å². The molecule has 36 heavy (non-hydrogen) atoms. The lowest BCUT2D eigenvalue weighted by atomic mass is 10.0. The maximum absolute atomic E-state index is 13.2. The van der Waals surface area contributed by atoms with Crippen molar-refractivity contribution in [1.82, 2.24) is 15.5 Å². The molecule has 0 bridgehead atoms. The van der Waals surface area contributed by atoms with Crippen LogP contribution in [-0.4, -0.2) is 49.1 Å². The standard InChI is InChI=1S/C26H30Cl3FN4O2/c27-21-7-4-18(16-22(21)28)5-9-25(35)31-12-2-1-3-13-34-14-10-19(11-15-34)32-26(36)33-20-6-8-24(30)23(29)17-20/h4-9,16-17,19H,1-3,10-15H2,(H,31,35)(H2,32,33,36)/b9-5+. The molecule has 2 aromatic rings. The molecule has 10 heteroatoms. The maximum Gasteiger partial charge on any atom is 0.319 e. The molecule has 3 amide bonds. The summed E-state index contributed by atoms with van der Waals surface area (Å²) in [7, 11) is 0. The first-order valence-corrected chi connectivity index (χ1v) is 13.1. The fourth-order valence-corrected chi connectivity index (χ4v) is 4.41. The summed E-state index contributed by atoms with van der Waals surface area (Å²) in [5, 5.41) is 9.47. The number of halogens is 4. The lowest BCUT2D eigenvalue weighted by Crippen LogP contribution is -2.46. The van der Waals surface area contributed by atoms with E-state index in [-0.39, 0.29) is 23.0 Å². The first kappa shape index (κ1) is 28.3. The normalized spacial score (nSPS) is 14.7. The summed E-state index contributed by atoms with van der Waals surface area (Å²) in [6.45, 7) is 3.47. The van der Waals surface area contributed by atoms with Crippen molar-refractivity contribution in [2.45, 2.75) is 38.1 Å². The number of urea groups is 1. The number of rotatable bonds is 10. The van der Waals surface area contributed by atoms with Crippen molar-refractivity contribution in [3.8, 4) is 0 Å². The Morgan fingerprint density at radius 1 is 0.972 bits per heavy atom. The van der Waals surface area contributed by atoms with Crippen molar-refractivity contribution in [3.05, 3.63) is 68.9 Å². The number of unbranched alkanes of at least 4 members (excludes halogenated alkanes) is 2. The molecule has 1 saturated heterocycles. The number of carbonyl (C=O) groups is 2. The molecule has 0 unspecified atom stereocenters. The molecule has 0 radical (unpaired) electrons. The molecule has 0 saturated carbocycles. The summed E-state index contributed by atoms with van der Waals surface area (Å²) >= 11 is 17.6. The Morgan fingerprint density at radius 3 is 2.47 bits per heavy atom. The zero-order valence-corrected chi connectivity index (χ0v) is 22.1. The van der Waals surface area contributed by atoms with Crippen LogP contribution >= 0.6 is 34.8 Å². The van der Waals surface area contributed by atoms with E-state index in [2.05, 4.69) is 20.9 Å². The second-order valence-corrected chi connectivity index (χ2v) is 9.92. The van der Waals surface area contributed by atoms with E-state index in [1.54, 1.807) is 24.3 Å². The van der Waals surface area contributed by atoms with Gasteiger partial charge in [0.05, 0.1) is 15.1 Å². The Kier molecular flexibility index (Phi) is 11.3. The average Bonchev–Trinajstić information content (AvgIpc) is 2.85. The summed E-state index contributed by atoms with van der Waals surface area (Å²) < 4.78 is 13.2. The number of likely N-dealkylation sites (tertiary alicyclic amines) is 1. The number of nitrogens with one attached hydrogen (secondary N) is 3. The number of anilines is 1. The Hall–Kier alpha value is -2.32. The number of amides is 3. The Morgan fingerprint density at radius 2 is 1.75 bits per heavy atom.